The highest BCUT2D eigenvalue weighted by atomic mass is 35.5. The second-order valence-electron chi connectivity index (χ2n) is 6.80. The highest BCUT2D eigenvalue weighted by Crippen LogP contribution is 2.37. The summed E-state index contributed by atoms with van der Waals surface area (Å²) in [6, 6.07) is 7.85. The molecule has 0 aromatic heterocycles. The lowest BCUT2D eigenvalue weighted by atomic mass is 10.0. The smallest absolute Gasteiger partial charge is 0.275 e. The Morgan fingerprint density at radius 1 is 1.40 bits per heavy atom. The summed E-state index contributed by atoms with van der Waals surface area (Å²) in [7, 11) is 0. The van der Waals surface area contributed by atoms with E-state index < -0.39 is 5.91 Å². The molecule has 134 valence electrons. The monoisotopic (exact) mass is 362 g/mol. The fourth-order valence-electron chi connectivity index (χ4n) is 3.13. The van der Waals surface area contributed by atoms with Gasteiger partial charge in [-0.05, 0) is 30.0 Å². The Bertz CT molecular complexity index is 714. The summed E-state index contributed by atoms with van der Waals surface area (Å²) in [4.78, 5) is 12.2. The summed E-state index contributed by atoms with van der Waals surface area (Å²) in [6.45, 7) is 4.63. The largest absolute Gasteiger partial charge is 0.401 e. The van der Waals surface area contributed by atoms with Gasteiger partial charge < -0.3 is 21.1 Å². The normalized spacial score (nSPS) is 25.8. The Hall–Kier alpha value is -1.89. The second kappa shape index (κ2) is 7.15. The van der Waals surface area contributed by atoms with Crippen LogP contribution in [0.1, 0.15) is 31.9 Å². The average Bonchev–Trinajstić information content (AvgIpc) is 3.23. The van der Waals surface area contributed by atoms with Gasteiger partial charge in [0.05, 0.1) is 17.2 Å². The van der Waals surface area contributed by atoms with Crippen LogP contribution in [0.5, 0.6) is 0 Å². The number of amides is 1. The quantitative estimate of drug-likeness (QED) is 0.604. The Balaban J connectivity index is 1.64. The number of hydrogen-bond acceptors (Lipinski definition) is 5. The van der Waals surface area contributed by atoms with Crippen molar-refractivity contribution < 1.29 is 9.53 Å². The van der Waals surface area contributed by atoms with Gasteiger partial charge in [-0.2, -0.15) is 0 Å². The summed E-state index contributed by atoms with van der Waals surface area (Å²) in [5.74, 6) is -0.616. The zero-order chi connectivity index (χ0) is 18.1. The van der Waals surface area contributed by atoms with Crippen molar-refractivity contribution in [2.45, 2.75) is 38.5 Å². The zero-order valence-electron chi connectivity index (χ0n) is 14.3. The van der Waals surface area contributed by atoms with Crippen molar-refractivity contribution >= 4 is 28.9 Å². The Morgan fingerprint density at radius 3 is 2.60 bits per heavy atom. The Labute approximate surface area is 152 Å². The predicted octanol–water partition coefficient (Wildman–Crippen LogP) is 2.51. The lowest BCUT2D eigenvalue weighted by molar-refractivity contribution is -0.110. The van der Waals surface area contributed by atoms with E-state index in [0.29, 0.717) is 23.5 Å². The van der Waals surface area contributed by atoms with Gasteiger partial charge in [-0.3, -0.25) is 10.2 Å². The van der Waals surface area contributed by atoms with Crippen LogP contribution in [0, 0.1) is 11.3 Å². The number of ether oxygens (including phenoxy) is 1. The van der Waals surface area contributed by atoms with Crippen LogP contribution < -0.4 is 16.4 Å². The van der Waals surface area contributed by atoms with Crippen LogP contribution in [0.2, 0.25) is 0 Å². The maximum absolute atomic E-state index is 12.2. The molecule has 0 radical (unpaired) electrons. The first-order valence-corrected chi connectivity index (χ1v) is 8.78. The third-order valence-electron chi connectivity index (χ3n) is 4.65. The van der Waals surface area contributed by atoms with E-state index in [2.05, 4.69) is 10.6 Å². The van der Waals surface area contributed by atoms with Gasteiger partial charge in [-0.1, -0.05) is 37.6 Å². The van der Waals surface area contributed by atoms with Gasteiger partial charge in [0.25, 0.3) is 5.91 Å². The van der Waals surface area contributed by atoms with Crippen LogP contribution in [-0.2, 0) is 9.53 Å². The van der Waals surface area contributed by atoms with E-state index in [4.69, 9.17) is 27.5 Å². The molecule has 0 saturated carbocycles. The van der Waals surface area contributed by atoms with Crippen molar-refractivity contribution in [3.8, 4) is 0 Å². The summed E-state index contributed by atoms with van der Waals surface area (Å²) in [5.41, 5.74) is 7.49. The van der Waals surface area contributed by atoms with Crippen LogP contribution in [0.4, 0.5) is 5.69 Å². The van der Waals surface area contributed by atoms with Gasteiger partial charge in [0, 0.05) is 24.0 Å². The molecule has 0 unspecified atom stereocenters. The molecule has 25 heavy (non-hydrogen) atoms. The minimum Gasteiger partial charge on any atom is -0.401 e. The molecule has 2 fully saturated rings. The van der Waals surface area contributed by atoms with Gasteiger partial charge in [0.15, 0.2) is 0 Å². The summed E-state index contributed by atoms with van der Waals surface area (Å²) < 4.78 is 5.96. The number of morpholine rings is 1. The molecule has 3 rings (SSSR count). The van der Waals surface area contributed by atoms with E-state index in [1.807, 2.05) is 26.0 Å². The molecule has 1 amide bonds. The van der Waals surface area contributed by atoms with Crippen molar-refractivity contribution in [2.75, 3.05) is 11.9 Å². The van der Waals surface area contributed by atoms with Crippen molar-refractivity contribution in [1.82, 2.24) is 5.32 Å². The molecule has 3 atom stereocenters. The molecule has 7 heteroatoms. The number of hydrogen-bond donors (Lipinski definition) is 4. The lowest BCUT2D eigenvalue weighted by Crippen LogP contribution is -2.34. The van der Waals surface area contributed by atoms with E-state index in [1.54, 1.807) is 12.1 Å². The number of rotatable bonds is 5. The SMILES string of the molecule is CC(C)/C(N)=C(\Cl)C(=N)C(=O)Nc1ccc([C@@H]2O[C@H]3CN[C@@H]2C3)cc1. The standard InChI is InChI=1S/C18H23ClN4O2/c1-9(2)15(20)14(19)16(21)18(24)23-11-5-3-10(4-6-11)17-13-7-12(25-17)8-22-13/h3-6,9,12-13,17,21-22H,7-8,20H2,1-2H3,(H,23,24)/b15-14+,21-16?/t12-,13-,17+/m1/s1. The summed E-state index contributed by atoms with van der Waals surface area (Å²) >= 11 is 6.03. The highest BCUT2D eigenvalue weighted by Gasteiger charge is 2.41. The first-order chi connectivity index (χ1) is 11.9. The van der Waals surface area contributed by atoms with Gasteiger partial charge in [-0.25, -0.2) is 0 Å². The number of fused-ring (bicyclic) bond motifs is 2. The third-order valence-corrected chi connectivity index (χ3v) is 5.06. The Kier molecular flexibility index (Phi) is 5.13. The average molecular weight is 363 g/mol. The van der Waals surface area contributed by atoms with E-state index in [-0.39, 0.29) is 22.8 Å². The molecule has 2 aliphatic rings. The van der Waals surface area contributed by atoms with Crippen LogP contribution in [-0.4, -0.2) is 30.3 Å². The fraction of sp³-hybridized carbons (Fsp3) is 0.444. The number of anilines is 1. The predicted molar refractivity (Wildman–Crippen MR) is 98.7 cm³/mol. The molecule has 1 aromatic rings. The number of nitrogens with two attached hydrogens (primary N) is 1. The molecule has 2 bridgehead atoms. The van der Waals surface area contributed by atoms with E-state index in [9.17, 15) is 4.79 Å². The first-order valence-electron chi connectivity index (χ1n) is 8.41. The number of nitrogens with one attached hydrogen (secondary N) is 3. The molecule has 0 spiro atoms. The molecule has 0 aliphatic carbocycles. The van der Waals surface area contributed by atoms with Crippen molar-refractivity contribution in [1.29, 1.82) is 5.41 Å². The van der Waals surface area contributed by atoms with Crippen molar-refractivity contribution in [3.05, 3.63) is 40.6 Å². The van der Waals surface area contributed by atoms with Gasteiger partial charge in [-0.15, -0.1) is 0 Å². The fourth-order valence-corrected chi connectivity index (χ4v) is 3.43. The van der Waals surface area contributed by atoms with Gasteiger partial charge in [0.1, 0.15) is 5.71 Å². The zero-order valence-corrected chi connectivity index (χ0v) is 15.1. The maximum atomic E-state index is 12.2. The number of carbonyl (C=O) groups excluding carboxylic acids is 1. The molecule has 2 saturated heterocycles. The number of halogens is 1. The molecule has 1 aromatic carbocycles. The topological polar surface area (TPSA) is 100 Å². The van der Waals surface area contributed by atoms with Crippen LogP contribution in [0.15, 0.2) is 35.0 Å². The highest BCUT2D eigenvalue weighted by molar-refractivity contribution is 6.60. The number of allylic oxidation sites excluding steroid dienone is 1. The van der Waals surface area contributed by atoms with Crippen molar-refractivity contribution in [2.24, 2.45) is 11.7 Å². The summed E-state index contributed by atoms with van der Waals surface area (Å²) in [5, 5.41) is 14.0. The molecular weight excluding hydrogens is 340 g/mol. The molecule has 5 N–H and O–H groups in total. The number of carbonyl (C=O) groups is 1. The van der Waals surface area contributed by atoms with Crippen molar-refractivity contribution in [3.63, 3.8) is 0 Å². The summed E-state index contributed by atoms with van der Waals surface area (Å²) in [6.07, 6.45) is 1.41. The molecule has 2 heterocycles. The lowest BCUT2D eigenvalue weighted by Gasteiger charge is -2.23. The van der Waals surface area contributed by atoms with Gasteiger partial charge in [0.2, 0.25) is 0 Å². The van der Waals surface area contributed by atoms with Crippen LogP contribution in [0.25, 0.3) is 0 Å². The van der Waals surface area contributed by atoms with E-state index >= 15 is 0 Å². The van der Waals surface area contributed by atoms with Crippen LogP contribution in [0.3, 0.4) is 0 Å². The minimum atomic E-state index is -0.584. The molecule has 2 aliphatic heterocycles. The first kappa shape index (κ1) is 17.9. The van der Waals surface area contributed by atoms with E-state index in [1.165, 1.54) is 0 Å². The third kappa shape index (κ3) is 3.71. The van der Waals surface area contributed by atoms with Gasteiger partial charge >= 0.3 is 0 Å². The minimum absolute atomic E-state index is 0.00873. The maximum Gasteiger partial charge on any atom is 0.275 e. The second-order valence-corrected chi connectivity index (χ2v) is 7.18. The molecule has 6 nitrogen and oxygen atoms in total. The van der Waals surface area contributed by atoms with E-state index in [0.717, 1.165) is 18.5 Å². The molecular formula is C18H23ClN4O2. The van der Waals surface area contributed by atoms with Crippen LogP contribution >= 0.6 is 11.6 Å². The number of benzene rings is 1. The Morgan fingerprint density at radius 2 is 2.08 bits per heavy atom.